The van der Waals surface area contributed by atoms with Crippen molar-refractivity contribution < 1.29 is 8.81 Å². The molecule has 0 aliphatic rings. The van der Waals surface area contributed by atoms with E-state index in [0.29, 0.717) is 0 Å². The molecule has 1 aromatic rings. The summed E-state index contributed by atoms with van der Waals surface area (Å²) < 4.78 is 16.6. The van der Waals surface area contributed by atoms with Crippen LogP contribution in [-0.2, 0) is 0 Å². The molecule has 0 radical (unpaired) electrons. The van der Waals surface area contributed by atoms with Crippen molar-refractivity contribution in [1.29, 1.82) is 0 Å². The van der Waals surface area contributed by atoms with Gasteiger partial charge in [-0.15, -0.1) is 10.2 Å². The third kappa shape index (κ3) is 0.828. The first kappa shape index (κ1) is 5.21. The first-order valence-corrected chi connectivity index (χ1v) is 2.21. The normalized spacial score (nSPS) is 13.8. The van der Waals surface area contributed by atoms with Crippen LogP contribution in [0.25, 0.3) is 0 Å². The van der Waals surface area contributed by atoms with Gasteiger partial charge in [0.25, 0.3) is 0 Å². The monoisotopic (exact) mass is 116 g/mol. The van der Waals surface area contributed by atoms with E-state index in [1.165, 1.54) is 6.92 Å². The van der Waals surface area contributed by atoms with E-state index < -0.39 is 6.17 Å². The summed E-state index contributed by atoms with van der Waals surface area (Å²) >= 11 is 0. The molecule has 0 aromatic carbocycles. The van der Waals surface area contributed by atoms with E-state index in [-0.39, 0.29) is 5.89 Å². The van der Waals surface area contributed by atoms with Crippen molar-refractivity contribution >= 4 is 0 Å². The zero-order valence-corrected chi connectivity index (χ0v) is 4.34. The molecular weight excluding hydrogens is 111 g/mol. The highest BCUT2D eigenvalue weighted by atomic mass is 19.1. The number of rotatable bonds is 1. The van der Waals surface area contributed by atoms with Gasteiger partial charge in [-0.25, -0.2) is 4.39 Å². The standard InChI is InChI=1S/C4H5FN2O/c1-3(5)4-7-6-2-8-4/h2-3H,1H3. The van der Waals surface area contributed by atoms with Crippen LogP contribution in [-0.4, -0.2) is 10.2 Å². The van der Waals surface area contributed by atoms with E-state index in [1.54, 1.807) is 0 Å². The smallest absolute Gasteiger partial charge is 0.249 e. The molecule has 0 amide bonds. The van der Waals surface area contributed by atoms with Gasteiger partial charge in [0.15, 0.2) is 6.17 Å². The Bertz CT molecular complexity index is 149. The molecule has 0 saturated heterocycles. The Morgan fingerprint density at radius 1 is 1.88 bits per heavy atom. The topological polar surface area (TPSA) is 38.9 Å². The van der Waals surface area contributed by atoms with Crippen molar-refractivity contribution in [3.63, 3.8) is 0 Å². The van der Waals surface area contributed by atoms with E-state index in [0.717, 1.165) is 6.39 Å². The molecule has 0 spiro atoms. The highest BCUT2D eigenvalue weighted by Gasteiger charge is 2.06. The summed E-state index contributed by atoms with van der Waals surface area (Å²) in [5, 5.41) is 6.61. The van der Waals surface area contributed by atoms with Crippen molar-refractivity contribution in [3.8, 4) is 0 Å². The molecule has 0 aliphatic heterocycles. The molecule has 1 aromatic heterocycles. The quantitative estimate of drug-likeness (QED) is 0.551. The molecule has 0 N–H and O–H groups in total. The second kappa shape index (κ2) is 1.90. The van der Waals surface area contributed by atoms with Gasteiger partial charge in [0.05, 0.1) is 0 Å². The van der Waals surface area contributed by atoms with E-state index in [4.69, 9.17) is 0 Å². The molecule has 4 heteroatoms. The van der Waals surface area contributed by atoms with Crippen LogP contribution in [0, 0.1) is 0 Å². The maximum absolute atomic E-state index is 12.1. The van der Waals surface area contributed by atoms with Crippen LogP contribution in [0.4, 0.5) is 4.39 Å². The molecule has 3 nitrogen and oxygen atoms in total. The van der Waals surface area contributed by atoms with Crippen LogP contribution < -0.4 is 0 Å². The lowest BCUT2D eigenvalue weighted by molar-refractivity contribution is 0.299. The maximum Gasteiger partial charge on any atom is 0.249 e. The zero-order valence-electron chi connectivity index (χ0n) is 4.34. The average Bonchev–Trinajstić information content (AvgIpc) is 2.12. The highest BCUT2D eigenvalue weighted by molar-refractivity contribution is 4.75. The lowest BCUT2D eigenvalue weighted by Crippen LogP contribution is -1.83. The SMILES string of the molecule is CC(F)c1nnco1. The fourth-order valence-electron chi connectivity index (χ4n) is 0.355. The Morgan fingerprint density at radius 3 is 2.88 bits per heavy atom. The first-order chi connectivity index (χ1) is 3.80. The van der Waals surface area contributed by atoms with E-state index in [1.807, 2.05) is 0 Å². The molecule has 8 heavy (non-hydrogen) atoms. The van der Waals surface area contributed by atoms with E-state index in [9.17, 15) is 4.39 Å². The van der Waals surface area contributed by atoms with Crippen molar-refractivity contribution in [1.82, 2.24) is 10.2 Å². The summed E-state index contributed by atoms with van der Waals surface area (Å²) in [6.45, 7) is 1.34. The Morgan fingerprint density at radius 2 is 2.62 bits per heavy atom. The number of hydrogen-bond donors (Lipinski definition) is 0. The molecule has 0 bridgehead atoms. The van der Waals surface area contributed by atoms with E-state index in [2.05, 4.69) is 14.6 Å². The fraction of sp³-hybridized carbons (Fsp3) is 0.500. The third-order valence-electron chi connectivity index (χ3n) is 0.717. The van der Waals surface area contributed by atoms with Gasteiger partial charge in [-0.3, -0.25) is 0 Å². The van der Waals surface area contributed by atoms with Crippen LogP contribution in [0.15, 0.2) is 10.8 Å². The fourth-order valence-corrected chi connectivity index (χ4v) is 0.355. The lowest BCUT2D eigenvalue weighted by atomic mass is 10.4. The summed E-state index contributed by atoms with van der Waals surface area (Å²) in [5.41, 5.74) is 0. The van der Waals surface area contributed by atoms with Crippen molar-refractivity contribution in [2.75, 3.05) is 0 Å². The molecule has 0 saturated carbocycles. The summed E-state index contributed by atoms with van der Waals surface area (Å²) in [5.74, 6) is 0.0324. The third-order valence-corrected chi connectivity index (χ3v) is 0.717. The number of nitrogens with zero attached hydrogens (tertiary/aromatic N) is 2. The summed E-state index contributed by atoms with van der Waals surface area (Å²) in [7, 11) is 0. The van der Waals surface area contributed by atoms with Gasteiger partial charge in [-0.2, -0.15) is 0 Å². The second-order valence-electron chi connectivity index (χ2n) is 1.39. The summed E-state index contributed by atoms with van der Waals surface area (Å²) in [4.78, 5) is 0. The molecule has 1 heterocycles. The van der Waals surface area contributed by atoms with Crippen molar-refractivity contribution in [2.45, 2.75) is 13.1 Å². The van der Waals surface area contributed by atoms with Crippen LogP contribution in [0.1, 0.15) is 19.0 Å². The Hall–Kier alpha value is -0.930. The molecule has 44 valence electrons. The number of hydrogen-bond acceptors (Lipinski definition) is 3. The largest absolute Gasteiger partial charge is 0.425 e. The van der Waals surface area contributed by atoms with Crippen LogP contribution in [0.5, 0.6) is 0 Å². The van der Waals surface area contributed by atoms with E-state index >= 15 is 0 Å². The average molecular weight is 116 g/mol. The van der Waals surface area contributed by atoms with Crippen molar-refractivity contribution in [3.05, 3.63) is 12.3 Å². The number of aromatic nitrogens is 2. The van der Waals surface area contributed by atoms with Gasteiger partial charge >= 0.3 is 0 Å². The van der Waals surface area contributed by atoms with Gasteiger partial charge in [0, 0.05) is 0 Å². The predicted octanol–water partition coefficient (Wildman–Crippen LogP) is 1.10. The number of alkyl halides is 1. The van der Waals surface area contributed by atoms with Gasteiger partial charge in [-0.1, -0.05) is 0 Å². The van der Waals surface area contributed by atoms with Gasteiger partial charge in [0.2, 0.25) is 12.3 Å². The van der Waals surface area contributed by atoms with Gasteiger partial charge in [-0.05, 0) is 6.92 Å². The lowest BCUT2D eigenvalue weighted by Gasteiger charge is -1.87. The van der Waals surface area contributed by atoms with Crippen LogP contribution in [0.3, 0.4) is 0 Å². The molecule has 1 rings (SSSR count). The Kier molecular flexibility index (Phi) is 1.24. The first-order valence-electron chi connectivity index (χ1n) is 2.21. The van der Waals surface area contributed by atoms with Crippen molar-refractivity contribution in [2.24, 2.45) is 0 Å². The highest BCUT2D eigenvalue weighted by Crippen LogP contribution is 2.10. The minimum absolute atomic E-state index is 0.0324. The Balaban J connectivity index is 2.77. The Labute approximate surface area is 45.5 Å². The molecule has 0 fully saturated rings. The number of halogens is 1. The second-order valence-corrected chi connectivity index (χ2v) is 1.39. The minimum Gasteiger partial charge on any atom is -0.425 e. The molecule has 0 aliphatic carbocycles. The minimum atomic E-state index is -1.16. The molecular formula is C4H5FN2O. The maximum atomic E-state index is 12.1. The van der Waals surface area contributed by atoms with Crippen LogP contribution in [0.2, 0.25) is 0 Å². The summed E-state index contributed by atoms with van der Waals surface area (Å²) in [6.07, 6.45) is -0.0525. The van der Waals surface area contributed by atoms with Crippen LogP contribution >= 0.6 is 0 Å². The molecule has 1 unspecified atom stereocenters. The zero-order chi connectivity index (χ0) is 5.98. The van der Waals surface area contributed by atoms with Gasteiger partial charge < -0.3 is 4.42 Å². The summed E-state index contributed by atoms with van der Waals surface area (Å²) in [6, 6.07) is 0. The molecule has 1 atom stereocenters. The predicted molar refractivity (Wildman–Crippen MR) is 23.8 cm³/mol. The van der Waals surface area contributed by atoms with Gasteiger partial charge in [0.1, 0.15) is 0 Å².